The second kappa shape index (κ2) is 7.28. The summed E-state index contributed by atoms with van der Waals surface area (Å²) in [5, 5.41) is 13.9. The minimum Gasteiger partial charge on any atom is -0.465 e. The van der Waals surface area contributed by atoms with E-state index in [1.807, 2.05) is 35.2 Å². The maximum atomic E-state index is 12.6. The fourth-order valence-corrected chi connectivity index (χ4v) is 4.51. The van der Waals surface area contributed by atoms with Crippen molar-refractivity contribution in [1.82, 2.24) is 4.90 Å². The first-order valence-electron chi connectivity index (χ1n) is 9.51. The Labute approximate surface area is 164 Å². The van der Waals surface area contributed by atoms with E-state index in [4.69, 9.17) is 0 Å². The summed E-state index contributed by atoms with van der Waals surface area (Å²) < 4.78 is 4.67. The van der Waals surface area contributed by atoms with Gasteiger partial charge in [0.05, 0.1) is 18.3 Å². The van der Waals surface area contributed by atoms with Crippen LogP contribution in [0.4, 0.5) is 10.5 Å². The number of hydrogen-bond donors (Lipinski definition) is 2. The number of rotatable bonds is 3. The van der Waals surface area contributed by atoms with Crippen LogP contribution in [0.1, 0.15) is 28.8 Å². The molecule has 6 heteroatoms. The number of ether oxygens (including phenoxy) is 1. The molecule has 0 aromatic heterocycles. The third-order valence-electron chi connectivity index (χ3n) is 5.93. The SMILES string of the molecule is COC(=O)c1ccc(NC(=O)N2C[C@@H]3CC(O)(c4ccccc4)C[C@@H]3C2)cc1. The third-order valence-corrected chi connectivity index (χ3v) is 5.93. The molecule has 2 aromatic carbocycles. The molecule has 3 atom stereocenters. The molecule has 28 heavy (non-hydrogen) atoms. The first-order chi connectivity index (χ1) is 13.5. The Hall–Kier alpha value is -2.86. The fourth-order valence-electron chi connectivity index (χ4n) is 4.51. The number of urea groups is 1. The molecule has 0 bridgehead atoms. The molecule has 0 radical (unpaired) electrons. The Morgan fingerprint density at radius 1 is 1.04 bits per heavy atom. The summed E-state index contributed by atoms with van der Waals surface area (Å²) in [7, 11) is 1.33. The van der Waals surface area contributed by atoms with Gasteiger partial charge in [-0.05, 0) is 54.5 Å². The van der Waals surface area contributed by atoms with Gasteiger partial charge in [-0.15, -0.1) is 0 Å². The zero-order chi connectivity index (χ0) is 19.7. The van der Waals surface area contributed by atoms with Gasteiger partial charge in [0.15, 0.2) is 0 Å². The van der Waals surface area contributed by atoms with Gasteiger partial charge in [0.1, 0.15) is 0 Å². The Balaban J connectivity index is 1.36. The maximum Gasteiger partial charge on any atom is 0.337 e. The van der Waals surface area contributed by atoms with Gasteiger partial charge in [0.2, 0.25) is 0 Å². The largest absolute Gasteiger partial charge is 0.465 e. The van der Waals surface area contributed by atoms with E-state index in [9.17, 15) is 14.7 Å². The monoisotopic (exact) mass is 380 g/mol. The Morgan fingerprint density at radius 2 is 1.64 bits per heavy atom. The minimum atomic E-state index is -0.789. The zero-order valence-corrected chi connectivity index (χ0v) is 15.8. The number of esters is 1. The number of amides is 2. The van der Waals surface area contributed by atoms with E-state index in [0.717, 1.165) is 5.56 Å². The highest BCUT2D eigenvalue weighted by Gasteiger charge is 2.49. The quantitative estimate of drug-likeness (QED) is 0.802. The van der Waals surface area contributed by atoms with Crippen molar-refractivity contribution in [2.75, 3.05) is 25.5 Å². The van der Waals surface area contributed by atoms with Gasteiger partial charge in [-0.1, -0.05) is 30.3 Å². The van der Waals surface area contributed by atoms with Crippen molar-refractivity contribution in [3.05, 3.63) is 65.7 Å². The number of carbonyl (C=O) groups is 2. The molecule has 1 saturated carbocycles. The Bertz CT molecular complexity index is 852. The van der Waals surface area contributed by atoms with Gasteiger partial charge in [0, 0.05) is 18.8 Å². The molecule has 2 fully saturated rings. The second-order valence-corrected chi connectivity index (χ2v) is 7.73. The van der Waals surface area contributed by atoms with Crippen molar-refractivity contribution in [1.29, 1.82) is 0 Å². The molecule has 1 aliphatic carbocycles. The van der Waals surface area contributed by atoms with Crippen LogP contribution >= 0.6 is 0 Å². The number of aliphatic hydroxyl groups is 1. The molecule has 1 unspecified atom stereocenters. The Morgan fingerprint density at radius 3 is 2.21 bits per heavy atom. The van der Waals surface area contributed by atoms with Crippen LogP contribution in [-0.2, 0) is 10.3 Å². The van der Waals surface area contributed by atoms with E-state index in [-0.39, 0.29) is 6.03 Å². The molecule has 1 aliphatic heterocycles. The number of anilines is 1. The van der Waals surface area contributed by atoms with Gasteiger partial charge in [-0.3, -0.25) is 0 Å². The number of hydrogen-bond acceptors (Lipinski definition) is 4. The summed E-state index contributed by atoms with van der Waals surface area (Å²) in [5.74, 6) is 0.200. The normalized spacial score (nSPS) is 26.0. The average Bonchev–Trinajstić information content (AvgIpc) is 3.24. The van der Waals surface area contributed by atoms with Crippen molar-refractivity contribution in [3.8, 4) is 0 Å². The first kappa shape index (κ1) is 18.5. The van der Waals surface area contributed by atoms with Crippen LogP contribution in [0.3, 0.4) is 0 Å². The molecule has 2 aromatic rings. The molecule has 2 aliphatic rings. The van der Waals surface area contributed by atoms with E-state index in [1.54, 1.807) is 24.3 Å². The molecule has 0 spiro atoms. The number of benzene rings is 2. The zero-order valence-electron chi connectivity index (χ0n) is 15.8. The average molecular weight is 380 g/mol. The van der Waals surface area contributed by atoms with Crippen molar-refractivity contribution >= 4 is 17.7 Å². The number of carbonyl (C=O) groups excluding carboxylic acids is 2. The summed E-state index contributed by atoms with van der Waals surface area (Å²) >= 11 is 0. The lowest BCUT2D eigenvalue weighted by Crippen LogP contribution is -2.35. The number of nitrogens with zero attached hydrogens (tertiary/aromatic N) is 1. The van der Waals surface area contributed by atoms with Gasteiger partial charge < -0.3 is 20.1 Å². The molecule has 2 amide bonds. The number of likely N-dealkylation sites (tertiary alicyclic amines) is 1. The van der Waals surface area contributed by atoms with Crippen molar-refractivity contribution in [2.24, 2.45) is 11.8 Å². The number of nitrogens with one attached hydrogen (secondary N) is 1. The van der Waals surface area contributed by atoms with Crippen molar-refractivity contribution in [2.45, 2.75) is 18.4 Å². The van der Waals surface area contributed by atoms with Gasteiger partial charge in [0.25, 0.3) is 0 Å². The standard InChI is InChI=1S/C22H24N2O4/c1-28-20(25)15-7-9-19(10-8-15)23-21(26)24-13-16-11-22(27,12-17(16)14-24)18-5-3-2-4-6-18/h2-10,16-17,27H,11-14H2,1H3,(H,23,26)/t16-,17+,22?. The van der Waals surface area contributed by atoms with E-state index in [2.05, 4.69) is 10.1 Å². The molecule has 1 saturated heterocycles. The highest BCUT2D eigenvalue weighted by Crippen LogP contribution is 2.48. The lowest BCUT2D eigenvalue weighted by molar-refractivity contribution is 0.0328. The maximum absolute atomic E-state index is 12.6. The minimum absolute atomic E-state index is 0.150. The lowest BCUT2D eigenvalue weighted by atomic mass is 9.90. The smallest absolute Gasteiger partial charge is 0.337 e. The summed E-state index contributed by atoms with van der Waals surface area (Å²) in [6, 6.07) is 16.3. The second-order valence-electron chi connectivity index (χ2n) is 7.73. The molecule has 4 rings (SSSR count). The van der Waals surface area contributed by atoms with Crippen molar-refractivity contribution in [3.63, 3.8) is 0 Å². The van der Waals surface area contributed by atoms with Crippen LogP contribution in [-0.4, -0.2) is 42.2 Å². The van der Waals surface area contributed by atoms with Crippen molar-refractivity contribution < 1.29 is 19.4 Å². The molecule has 6 nitrogen and oxygen atoms in total. The summed E-state index contributed by atoms with van der Waals surface area (Å²) in [6.07, 6.45) is 1.36. The van der Waals surface area contributed by atoms with Crippen LogP contribution in [0.5, 0.6) is 0 Å². The predicted molar refractivity (Wildman–Crippen MR) is 105 cm³/mol. The van der Waals surface area contributed by atoms with Crippen LogP contribution in [0.15, 0.2) is 54.6 Å². The highest BCUT2D eigenvalue weighted by molar-refractivity contribution is 5.92. The predicted octanol–water partition coefficient (Wildman–Crippen LogP) is 3.23. The Kier molecular flexibility index (Phi) is 4.81. The first-order valence-corrected chi connectivity index (χ1v) is 9.51. The highest BCUT2D eigenvalue weighted by atomic mass is 16.5. The summed E-state index contributed by atoms with van der Waals surface area (Å²) in [6.45, 7) is 1.29. The van der Waals surface area contributed by atoms with Crippen LogP contribution in [0, 0.1) is 11.8 Å². The third kappa shape index (κ3) is 3.47. The molecular formula is C22H24N2O4. The lowest BCUT2D eigenvalue weighted by Gasteiger charge is -2.26. The van der Waals surface area contributed by atoms with Gasteiger partial charge in [-0.25, -0.2) is 9.59 Å². The molecule has 2 N–H and O–H groups in total. The number of fused-ring (bicyclic) bond motifs is 1. The van der Waals surface area contributed by atoms with E-state index in [1.165, 1.54) is 7.11 Å². The van der Waals surface area contributed by atoms with Crippen LogP contribution in [0.25, 0.3) is 0 Å². The van der Waals surface area contributed by atoms with Gasteiger partial charge in [-0.2, -0.15) is 0 Å². The van der Waals surface area contributed by atoms with E-state index < -0.39 is 11.6 Å². The number of methoxy groups -OCH3 is 1. The summed E-state index contributed by atoms with van der Waals surface area (Å²) in [4.78, 5) is 25.9. The van der Waals surface area contributed by atoms with Crippen LogP contribution < -0.4 is 5.32 Å². The summed E-state index contributed by atoms with van der Waals surface area (Å²) in [5.41, 5.74) is 1.25. The molecule has 1 heterocycles. The van der Waals surface area contributed by atoms with E-state index in [0.29, 0.717) is 49.0 Å². The fraction of sp³-hybridized carbons (Fsp3) is 0.364. The molecular weight excluding hydrogens is 356 g/mol. The van der Waals surface area contributed by atoms with Crippen LogP contribution in [0.2, 0.25) is 0 Å². The topological polar surface area (TPSA) is 78.9 Å². The van der Waals surface area contributed by atoms with Gasteiger partial charge >= 0.3 is 12.0 Å². The molecule has 146 valence electrons. The van der Waals surface area contributed by atoms with E-state index >= 15 is 0 Å².